The van der Waals surface area contributed by atoms with E-state index in [9.17, 15) is 4.79 Å². The number of hydrogen-bond acceptors (Lipinski definition) is 3. The van der Waals surface area contributed by atoms with E-state index < -0.39 is 5.97 Å². The quantitative estimate of drug-likeness (QED) is 0.777. The second-order valence-corrected chi connectivity index (χ2v) is 3.91. The van der Waals surface area contributed by atoms with Gasteiger partial charge in [-0.1, -0.05) is 11.6 Å². The molecule has 15 heavy (non-hydrogen) atoms. The van der Waals surface area contributed by atoms with Crippen LogP contribution < -0.4 is 10.5 Å². The molecule has 0 atom stereocenters. The van der Waals surface area contributed by atoms with Crippen molar-refractivity contribution in [3.8, 4) is 5.75 Å². The van der Waals surface area contributed by atoms with Crippen molar-refractivity contribution in [2.75, 3.05) is 5.73 Å². The Labute approximate surface area is 91.6 Å². The lowest BCUT2D eigenvalue weighted by Crippen LogP contribution is -2.04. The molecule has 1 saturated carbocycles. The summed E-state index contributed by atoms with van der Waals surface area (Å²) < 4.78 is 5.47. The third-order valence-corrected chi connectivity index (χ3v) is 2.41. The number of nitrogen functional groups attached to an aromatic ring is 1. The lowest BCUT2D eigenvalue weighted by molar-refractivity contribution is 0.0697. The molecule has 0 unspecified atom stereocenters. The van der Waals surface area contributed by atoms with Crippen LogP contribution in [-0.4, -0.2) is 17.2 Å². The largest absolute Gasteiger partial charge is 0.487 e. The molecule has 1 aromatic rings. The molecule has 0 radical (unpaired) electrons. The van der Waals surface area contributed by atoms with Crippen LogP contribution >= 0.6 is 11.6 Å². The van der Waals surface area contributed by atoms with Gasteiger partial charge in [0.25, 0.3) is 0 Å². The molecule has 0 heterocycles. The van der Waals surface area contributed by atoms with E-state index in [2.05, 4.69) is 0 Å². The Kier molecular flexibility index (Phi) is 2.44. The van der Waals surface area contributed by atoms with Gasteiger partial charge in [0, 0.05) is 0 Å². The molecule has 0 aromatic heterocycles. The van der Waals surface area contributed by atoms with E-state index in [0.29, 0.717) is 5.75 Å². The third-order valence-electron chi connectivity index (χ3n) is 2.13. The van der Waals surface area contributed by atoms with Crippen molar-refractivity contribution < 1.29 is 14.6 Å². The summed E-state index contributed by atoms with van der Waals surface area (Å²) in [5.41, 5.74) is 6.00. The molecule has 1 aliphatic carbocycles. The van der Waals surface area contributed by atoms with Crippen molar-refractivity contribution in [2.45, 2.75) is 18.9 Å². The van der Waals surface area contributed by atoms with E-state index in [1.165, 1.54) is 12.1 Å². The summed E-state index contributed by atoms with van der Waals surface area (Å²) in [4.78, 5) is 10.7. The molecule has 80 valence electrons. The van der Waals surface area contributed by atoms with Crippen molar-refractivity contribution in [3.63, 3.8) is 0 Å². The first kappa shape index (κ1) is 10.1. The number of halogens is 1. The molecule has 1 aliphatic rings. The number of carbonyl (C=O) groups is 1. The number of carboxylic acid groups (broad SMARTS) is 1. The van der Waals surface area contributed by atoms with Gasteiger partial charge in [-0.2, -0.15) is 0 Å². The molecule has 0 bridgehead atoms. The summed E-state index contributed by atoms with van der Waals surface area (Å²) in [5, 5.41) is 9.01. The predicted molar refractivity (Wildman–Crippen MR) is 56.5 cm³/mol. The van der Waals surface area contributed by atoms with E-state index in [0.717, 1.165) is 12.8 Å². The van der Waals surface area contributed by atoms with Crippen molar-refractivity contribution in [1.29, 1.82) is 0 Å². The fraction of sp³-hybridized carbons (Fsp3) is 0.300. The molecule has 0 spiro atoms. The molecular formula is C10H10ClNO3. The van der Waals surface area contributed by atoms with Gasteiger partial charge in [0.2, 0.25) is 0 Å². The second-order valence-electron chi connectivity index (χ2n) is 3.50. The zero-order valence-electron chi connectivity index (χ0n) is 7.87. The van der Waals surface area contributed by atoms with Crippen LogP contribution in [0.3, 0.4) is 0 Å². The third kappa shape index (κ3) is 2.15. The standard InChI is InChI=1S/C10H10ClNO3/c11-7-3-5(10(13)14)4-8(12)9(7)15-6-1-2-6/h3-4,6H,1-2,12H2,(H,13,14). The minimum absolute atomic E-state index is 0.0700. The molecule has 2 rings (SSSR count). The zero-order valence-corrected chi connectivity index (χ0v) is 8.62. The van der Waals surface area contributed by atoms with Crippen molar-refractivity contribution in [2.24, 2.45) is 0 Å². The van der Waals surface area contributed by atoms with Crippen LogP contribution in [0.1, 0.15) is 23.2 Å². The second kappa shape index (κ2) is 3.62. The summed E-state index contributed by atoms with van der Waals surface area (Å²) in [7, 11) is 0. The van der Waals surface area contributed by atoms with Gasteiger partial charge in [0.05, 0.1) is 22.4 Å². The topological polar surface area (TPSA) is 72.6 Å². The summed E-state index contributed by atoms with van der Waals surface area (Å²) in [6.07, 6.45) is 2.17. The van der Waals surface area contributed by atoms with Crippen LogP contribution in [0, 0.1) is 0 Å². The lowest BCUT2D eigenvalue weighted by atomic mass is 10.2. The Hall–Kier alpha value is -1.42. The molecule has 5 heteroatoms. The zero-order chi connectivity index (χ0) is 11.0. The number of carboxylic acids is 1. The fourth-order valence-corrected chi connectivity index (χ4v) is 1.49. The molecule has 1 aromatic carbocycles. The van der Waals surface area contributed by atoms with Crippen molar-refractivity contribution in [3.05, 3.63) is 22.7 Å². The molecule has 0 saturated heterocycles. The Bertz CT molecular complexity index is 392. The van der Waals surface area contributed by atoms with E-state index in [4.69, 9.17) is 27.2 Å². The summed E-state index contributed by atoms with van der Waals surface area (Å²) in [5.74, 6) is -0.661. The molecule has 1 fully saturated rings. The van der Waals surface area contributed by atoms with Crippen LogP contribution in [0.15, 0.2) is 12.1 Å². The normalized spacial score (nSPS) is 15.0. The minimum Gasteiger partial charge on any atom is -0.487 e. The number of hydrogen-bond donors (Lipinski definition) is 2. The number of anilines is 1. The summed E-state index contributed by atoms with van der Waals surface area (Å²) >= 11 is 5.88. The first-order valence-corrected chi connectivity index (χ1v) is 4.94. The maximum Gasteiger partial charge on any atom is 0.335 e. The van der Waals surface area contributed by atoms with Gasteiger partial charge in [-0.15, -0.1) is 0 Å². The molecule has 0 aliphatic heterocycles. The van der Waals surface area contributed by atoms with E-state index in [1.807, 2.05) is 0 Å². The number of ether oxygens (including phenoxy) is 1. The first-order valence-electron chi connectivity index (χ1n) is 4.57. The average Bonchev–Trinajstić information content (AvgIpc) is 2.94. The van der Waals surface area contributed by atoms with Gasteiger partial charge in [-0.05, 0) is 25.0 Å². The first-order chi connectivity index (χ1) is 7.08. The maximum absolute atomic E-state index is 10.7. The Morgan fingerprint density at radius 3 is 2.67 bits per heavy atom. The van der Waals surface area contributed by atoms with Crippen LogP contribution in [-0.2, 0) is 0 Å². The number of benzene rings is 1. The SMILES string of the molecule is Nc1cc(C(=O)O)cc(Cl)c1OC1CC1. The van der Waals surface area contributed by atoms with Crippen LogP contribution in [0.5, 0.6) is 5.75 Å². The Balaban J connectivity index is 2.34. The highest BCUT2D eigenvalue weighted by Crippen LogP contribution is 2.37. The van der Waals surface area contributed by atoms with Crippen LogP contribution in [0.25, 0.3) is 0 Å². The highest BCUT2D eigenvalue weighted by Gasteiger charge is 2.26. The van der Waals surface area contributed by atoms with Gasteiger partial charge >= 0.3 is 5.97 Å². The van der Waals surface area contributed by atoms with Gasteiger partial charge < -0.3 is 15.6 Å². The van der Waals surface area contributed by atoms with Gasteiger partial charge in [-0.25, -0.2) is 4.79 Å². The van der Waals surface area contributed by atoms with Crippen LogP contribution in [0.2, 0.25) is 5.02 Å². The number of rotatable bonds is 3. The van der Waals surface area contributed by atoms with E-state index in [-0.39, 0.29) is 22.4 Å². The fourth-order valence-electron chi connectivity index (χ4n) is 1.22. The Morgan fingerprint density at radius 2 is 2.20 bits per heavy atom. The van der Waals surface area contributed by atoms with E-state index in [1.54, 1.807) is 0 Å². The monoisotopic (exact) mass is 227 g/mol. The molecule has 0 amide bonds. The van der Waals surface area contributed by atoms with Crippen LogP contribution in [0.4, 0.5) is 5.69 Å². The minimum atomic E-state index is -1.05. The Morgan fingerprint density at radius 1 is 1.53 bits per heavy atom. The van der Waals surface area contributed by atoms with Crippen molar-refractivity contribution >= 4 is 23.3 Å². The summed E-state index contributed by atoms with van der Waals surface area (Å²) in [6.45, 7) is 0. The molecular weight excluding hydrogens is 218 g/mol. The van der Waals surface area contributed by atoms with E-state index >= 15 is 0 Å². The summed E-state index contributed by atoms with van der Waals surface area (Å²) in [6, 6.07) is 2.70. The highest BCUT2D eigenvalue weighted by atomic mass is 35.5. The highest BCUT2D eigenvalue weighted by molar-refractivity contribution is 6.33. The maximum atomic E-state index is 10.7. The molecule has 4 nitrogen and oxygen atoms in total. The smallest absolute Gasteiger partial charge is 0.335 e. The molecule has 3 N–H and O–H groups in total. The van der Waals surface area contributed by atoms with Crippen molar-refractivity contribution in [1.82, 2.24) is 0 Å². The van der Waals surface area contributed by atoms with Gasteiger partial charge in [-0.3, -0.25) is 0 Å². The van der Waals surface area contributed by atoms with Gasteiger partial charge in [0.15, 0.2) is 5.75 Å². The lowest BCUT2D eigenvalue weighted by Gasteiger charge is -2.10. The van der Waals surface area contributed by atoms with Gasteiger partial charge in [0.1, 0.15) is 0 Å². The average molecular weight is 228 g/mol. The number of aromatic carboxylic acids is 1. The number of nitrogens with two attached hydrogens (primary N) is 1. The predicted octanol–water partition coefficient (Wildman–Crippen LogP) is 2.16.